The van der Waals surface area contributed by atoms with Gasteiger partial charge in [-0.1, -0.05) is 22.0 Å². The van der Waals surface area contributed by atoms with Crippen LogP contribution < -0.4 is 5.73 Å². The largest absolute Gasteiger partial charge is 0.384 e. The highest BCUT2D eigenvalue weighted by atomic mass is 79.9. The number of aryl methyl sites for hydroxylation is 1. The predicted molar refractivity (Wildman–Crippen MR) is 73.9 cm³/mol. The minimum atomic E-state index is -0.822. The zero-order valence-corrected chi connectivity index (χ0v) is 11.6. The van der Waals surface area contributed by atoms with Gasteiger partial charge in [-0.05, 0) is 30.7 Å². The van der Waals surface area contributed by atoms with Crippen molar-refractivity contribution in [3.8, 4) is 11.3 Å². The van der Waals surface area contributed by atoms with Gasteiger partial charge in [-0.25, -0.2) is 9.97 Å². The summed E-state index contributed by atoms with van der Waals surface area (Å²) in [5, 5.41) is 9.67. The van der Waals surface area contributed by atoms with Gasteiger partial charge in [0.2, 0.25) is 0 Å². The van der Waals surface area contributed by atoms with Gasteiger partial charge in [0.1, 0.15) is 6.10 Å². The van der Waals surface area contributed by atoms with Crippen molar-refractivity contribution >= 4 is 15.9 Å². The smallest absolute Gasteiger partial charge is 0.158 e. The Morgan fingerprint density at radius 3 is 2.89 bits per heavy atom. The number of halogens is 1. The summed E-state index contributed by atoms with van der Waals surface area (Å²) in [6, 6.07) is 7.81. The van der Waals surface area contributed by atoms with E-state index in [1.807, 2.05) is 31.2 Å². The summed E-state index contributed by atoms with van der Waals surface area (Å²) in [6.07, 6.45) is 0.814. The van der Waals surface area contributed by atoms with Gasteiger partial charge in [0.05, 0.1) is 5.69 Å². The van der Waals surface area contributed by atoms with E-state index in [1.165, 1.54) is 0 Å². The highest BCUT2D eigenvalue weighted by molar-refractivity contribution is 9.10. The molecule has 1 aromatic heterocycles. The highest BCUT2D eigenvalue weighted by Crippen LogP contribution is 2.25. The molecule has 18 heavy (non-hydrogen) atoms. The molecule has 2 aromatic rings. The normalized spacial score (nSPS) is 12.4. The Morgan fingerprint density at radius 1 is 1.39 bits per heavy atom. The molecular weight excluding hydrogens is 294 g/mol. The van der Waals surface area contributed by atoms with E-state index < -0.39 is 6.10 Å². The van der Waals surface area contributed by atoms with Crippen LogP contribution in [0, 0.1) is 6.92 Å². The maximum Gasteiger partial charge on any atom is 0.158 e. The number of hydrogen-bond donors (Lipinski definition) is 2. The second-order valence-electron chi connectivity index (χ2n) is 4.01. The SMILES string of the molecule is Cc1ccc(Br)cc1-c1ccnc(C(O)CN)n1. The number of aliphatic hydroxyl groups excluding tert-OH is 1. The average Bonchev–Trinajstić information content (AvgIpc) is 2.40. The van der Waals surface area contributed by atoms with E-state index in [4.69, 9.17) is 5.73 Å². The van der Waals surface area contributed by atoms with E-state index in [0.29, 0.717) is 5.82 Å². The zero-order valence-electron chi connectivity index (χ0n) is 9.97. The Labute approximate surface area is 114 Å². The van der Waals surface area contributed by atoms with Crippen molar-refractivity contribution in [3.05, 3.63) is 46.3 Å². The average molecular weight is 308 g/mol. The number of nitrogens with two attached hydrogens (primary N) is 1. The number of aliphatic hydroxyl groups is 1. The standard InChI is InChI=1S/C13H14BrN3O/c1-8-2-3-9(14)6-10(8)11-4-5-16-13(17-11)12(18)7-15/h2-6,12,18H,7,15H2,1H3. The summed E-state index contributed by atoms with van der Waals surface area (Å²) in [6.45, 7) is 2.13. The fourth-order valence-corrected chi connectivity index (χ4v) is 2.02. The Hall–Kier alpha value is -1.30. The van der Waals surface area contributed by atoms with E-state index in [2.05, 4.69) is 25.9 Å². The Balaban J connectivity index is 2.47. The van der Waals surface area contributed by atoms with Crippen molar-refractivity contribution in [2.45, 2.75) is 13.0 Å². The quantitative estimate of drug-likeness (QED) is 0.912. The fraction of sp³-hybridized carbons (Fsp3) is 0.231. The molecular formula is C13H14BrN3O. The molecule has 0 fully saturated rings. The minimum absolute atomic E-state index is 0.112. The first-order valence-electron chi connectivity index (χ1n) is 5.59. The minimum Gasteiger partial charge on any atom is -0.384 e. The number of aromatic nitrogens is 2. The highest BCUT2D eigenvalue weighted by Gasteiger charge is 2.11. The molecule has 1 atom stereocenters. The molecule has 0 aliphatic heterocycles. The van der Waals surface area contributed by atoms with Crippen LogP contribution in [-0.2, 0) is 0 Å². The molecule has 3 N–H and O–H groups in total. The van der Waals surface area contributed by atoms with Crippen LogP contribution in [0.4, 0.5) is 0 Å². The van der Waals surface area contributed by atoms with Crippen LogP contribution in [0.15, 0.2) is 34.9 Å². The molecule has 0 saturated heterocycles. The van der Waals surface area contributed by atoms with Gasteiger partial charge in [0.25, 0.3) is 0 Å². The van der Waals surface area contributed by atoms with E-state index in [-0.39, 0.29) is 6.54 Å². The van der Waals surface area contributed by atoms with E-state index in [9.17, 15) is 5.11 Å². The van der Waals surface area contributed by atoms with Gasteiger partial charge in [0.15, 0.2) is 5.82 Å². The fourth-order valence-electron chi connectivity index (χ4n) is 1.66. The number of rotatable bonds is 3. The van der Waals surface area contributed by atoms with Gasteiger partial charge in [-0.2, -0.15) is 0 Å². The lowest BCUT2D eigenvalue weighted by molar-refractivity contribution is 0.176. The van der Waals surface area contributed by atoms with Gasteiger partial charge in [0, 0.05) is 22.8 Å². The summed E-state index contributed by atoms with van der Waals surface area (Å²) >= 11 is 3.44. The molecule has 1 unspecified atom stereocenters. The van der Waals surface area contributed by atoms with Crippen LogP contribution >= 0.6 is 15.9 Å². The topological polar surface area (TPSA) is 72.0 Å². The van der Waals surface area contributed by atoms with Crippen LogP contribution in [0.5, 0.6) is 0 Å². The lowest BCUT2D eigenvalue weighted by Crippen LogP contribution is -2.14. The van der Waals surface area contributed by atoms with Crippen LogP contribution in [0.2, 0.25) is 0 Å². The third-order valence-corrected chi connectivity index (χ3v) is 3.16. The lowest BCUT2D eigenvalue weighted by Gasteiger charge is -2.10. The molecule has 4 nitrogen and oxygen atoms in total. The number of nitrogens with zero attached hydrogens (tertiary/aromatic N) is 2. The van der Waals surface area contributed by atoms with Gasteiger partial charge in [-0.3, -0.25) is 0 Å². The summed E-state index contributed by atoms with van der Waals surface area (Å²) < 4.78 is 0.989. The number of hydrogen-bond acceptors (Lipinski definition) is 4. The zero-order chi connectivity index (χ0) is 13.1. The molecule has 94 valence electrons. The van der Waals surface area contributed by atoms with Crippen molar-refractivity contribution in [2.24, 2.45) is 5.73 Å². The molecule has 0 aliphatic carbocycles. The maximum absolute atomic E-state index is 9.67. The van der Waals surface area contributed by atoms with Crippen molar-refractivity contribution in [3.63, 3.8) is 0 Å². The second kappa shape index (κ2) is 5.56. The first kappa shape index (κ1) is 13.1. The molecule has 0 radical (unpaired) electrons. The van der Waals surface area contributed by atoms with Crippen LogP contribution in [0.25, 0.3) is 11.3 Å². The first-order chi connectivity index (χ1) is 8.61. The van der Waals surface area contributed by atoms with Crippen LogP contribution in [0.3, 0.4) is 0 Å². The van der Waals surface area contributed by atoms with Crippen molar-refractivity contribution < 1.29 is 5.11 Å². The second-order valence-corrected chi connectivity index (χ2v) is 4.93. The van der Waals surface area contributed by atoms with E-state index in [0.717, 1.165) is 21.3 Å². The monoisotopic (exact) mass is 307 g/mol. The Kier molecular flexibility index (Phi) is 4.06. The third kappa shape index (κ3) is 2.75. The van der Waals surface area contributed by atoms with Crippen molar-refractivity contribution in [1.29, 1.82) is 0 Å². The maximum atomic E-state index is 9.67. The Morgan fingerprint density at radius 2 is 2.17 bits per heavy atom. The lowest BCUT2D eigenvalue weighted by atomic mass is 10.1. The summed E-state index contributed by atoms with van der Waals surface area (Å²) in [5.41, 5.74) is 8.32. The molecule has 0 amide bonds. The molecule has 0 saturated carbocycles. The molecule has 1 heterocycles. The van der Waals surface area contributed by atoms with E-state index in [1.54, 1.807) is 6.20 Å². The van der Waals surface area contributed by atoms with Gasteiger partial charge < -0.3 is 10.8 Å². The van der Waals surface area contributed by atoms with Crippen molar-refractivity contribution in [2.75, 3.05) is 6.54 Å². The molecule has 1 aromatic carbocycles. The van der Waals surface area contributed by atoms with Crippen molar-refractivity contribution in [1.82, 2.24) is 9.97 Å². The first-order valence-corrected chi connectivity index (χ1v) is 6.38. The van der Waals surface area contributed by atoms with Crippen LogP contribution in [-0.4, -0.2) is 21.6 Å². The summed E-state index contributed by atoms with van der Waals surface area (Å²) in [4.78, 5) is 8.39. The predicted octanol–water partition coefficient (Wildman–Crippen LogP) is 2.21. The summed E-state index contributed by atoms with van der Waals surface area (Å²) in [7, 11) is 0. The molecule has 2 rings (SSSR count). The molecule has 5 heteroatoms. The third-order valence-electron chi connectivity index (χ3n) is 2.67. The van der Waals surface area contributed by atoms with E-state index >= 15 is 0 Å². The Bertz CT molecular complexity index is 560. The van der Waals surface area contributed by atoms with Gasteiger partial charge >= 0.3 is 0 Å². The van der Waals surface area contributed by atoms with Gasteiger partial charge in [-0.15, -0.1) is 0 Å². The molecule has 0 bridgehead atoms. The molecule has 0 aliphatic rings. The van der Waals surface area contributed by atoms with Crippen LogP contribution in [0.1, 0.15) is 17.5 Å². The molecule has 0 spiro atoms. The summed E-state index contributed by atoms with van der Waals surface area (Å²) in [5.74, 6) is 0.356. The number of benzene rings is 1.